The summed E-state index contributed by atoms with van der Waals surface area (Å²) in [5.41, 5.74) is 1.22. The van der Waals surface area contributed by atoms with E-state index in [4.69, 9.17) is 16.3 Å². The number of aliphatic hydroxyl groups excluding tert-OH is 1. The summed E-state index contributed by atoms with van der Waals surface area (Å²) in [6, 6.07) is 7.52. The average molecular weight is 336 g/mol. The van der Waals surface area contributed by atoms with Crippen LogP contribution in [0.15, 0.2) is 36.7 Å². The number of hydrogen-bond acceptors (Lipinski definition) is 4. The van der Waals surface area contributed by atoms with Crippen LogP contribution in [0.3, 0.4) is 0 Å². The lowest BCUT2D eigenvalue weighted by atomic mass is 10.1. The minimum Gasteiger partial charge on any atom is -0.491 e. The molecule has 0 radical (unpaired) electrons. The van der Waals surface area contributed by atoms with E-state index < -0.39 is 6.10 Å². The van der Waals surface area contributed by atoms with Crippen molar-refractivity contribution in [2.24, 2.45) is 7.05 Å². The molecule has 1 aliphatic rings. The number of aryl methyl sites for hydroxylation is 1. The molecule has 3 rings (SSSR count). The van der Waals surface area contributed by atoms with Crippen LogP contribution in [0.5, 0.6) is 5.75 Å². The van der Waals surface area contributed by atoms with Crippen molar-refractivity contribution in [3.05, 3.63) is 47.2 Å². The van der Waals surface area contributed by atoms with Gasteiger partial charge in [-0.25, -0.2) is 0 Å². The molecule has 0 spiro atoms. The van der Waals surface area contributed by atoms with Crippen LogP contribution in [0.25, 0.3) is 0 Å². The van der Waals surface area contributed by atoms with Crippen molar-refractivity contribution >= 4 is 11.6 Å². The van der Waals surface area contributed by atoms with Gasteiger partial charge in [0.25, 0.3) is 0 Å². The van der Waals surface area contributed by atoms with E-state index in [1.54, 1.807) is 12.1 Å². The van der Waals surface area contributed by atoms with E-state index in [0.29, 0.717) is 17.6 Å². The molecular formula is C17H22ClN3O2. The van der Waals surface area contributed by atoms with Gasteiger partial charge in [0.15, 0.2) is 0 Å². The highest BCUT2D eigenvalue weighted by Gasteiger charge is 2.28. The van der Waals surface area contributed by atoms with Gasteiger partial charge in [-0.3, -0.25) is 9.58 Å². The van der Waals surface area contributed by atoms with Gasteiger partial charge in [0.1, 0.15) is 18.5 Å². The third-order valence-corrected chi connectivity index (χ3v) is 4.43. The number of β-amino-alcohol motifs (C(OH)–C–C–N with tert-alkyl or cyclic N) is 1. The highest BCUT2D eigenvalue weighted by Crippen LogP contribution is 2.31. The van der Waals surface area contributed by atoms with Gasteiger partial charge < -0.3 is 9.84 Å². The van der Waals surface area contributed by atoms with Crippen molar-refractivity contribution in [1.29, 1.82) is 0 Å². The molecule has 0 saturated carbocycles. The van der Waals surface area contributed by atoms with Crippen LogP contribution in [-0.4, -0.2) is 45.6 Å². The summed E-state index contributed by atoms with van der Waals surface area (Å²) < 4.78 is 7.45. The fourth-order valence-corrected chi connectivity index (χ4v) is 3.21. The van der Waals surface area contributed by atoms with Gasteiger partial charge in [0.05, 0.1) is 6.20 Å². The number of ether oxygens (including phenoxy) is 1. The summed E-state index contributed by atoms with van der Waals surface area (Å²) in [4.78, 5) is 2.31. The summed E-state index contributed by atoms with van der Waals surface area (Å²) in [7, 11) is 1.93. The van der Waals surface area contributed by atoms with Gasteiger partial charge in [-0.1, -0.05) is 11.6 Å². The number of halogens is 1. The highest BCUT2D eigenvalue weighted by molar-refractivity contribution is 6.30. The van der Waals surface area contributed by atoms with Gasteiger partial charge >= 0.3 is 0 Å². The van der Waals surface area contributed by atoms with Gasteiger partial charge in [0.2, 0.25) is 0 Å². The molecule has 1 aromatic heterocycles. The molecule has 5 nitrogen and oxygen atoms in total. The zero-order valence-corrected chi connectivity index (χ0v) is 14.0. The molecule has 0 aliphatic carbocycles. The molecule has 2 atom stereocenters. The highest BCUT2D eigenvalue weighted by atomic mass is 35.5. The van der Waals surface area contributed by atoms with Crippen LogP contribution >= 0.6 is 11.6 Å². The Hall–Kier alpha value is -1.56. The molecule has 6 heteroatoms. The van der Waals surface area contributed by atoms with Gasteiger partial charge in [0, 0.05) is 36.4 Å². The predicted molar refractivity (Wildman–Crippen MR) is 89.7 cm³/mol. The van der Waals surface area contributed by atoms with Gasteiger partial charge in [-0.15, -0.1) is 0 Å². The molecule has 2 unspecified atom stereocenters. The molecule has 23 heavy (non-hydrogen) atoms. The summed E-state index contributed by atoms with van der Waals surface area (Å²) in [5.74, 6) is 0.721. The van der Waals surface area contributed by atoms with Crippen molar-refractivity contribution in [3.8, 4) is 5.75 Å². The molecule has 2 aromatic rings. The molecule has 0 amide bonds. The lowest BCUT2D eigenvalue weighted by molar-refractivity contribution is 0.0638. The van der Waals surface area contributed by atoms with Crippen molar-refractivity contribution in [2.45, 2.75) is 25.0 Å². The summed E-state index contributed by atoms with van der Waals surface area (Å²) in [6.07, 6.45) is 5.70. The monoisotopic (exact) mass is 335 g/mol. The lowest BCUT2D eigenvalue weighted by Gasteiger charge is -2.26. The molecule has 1 aliphatic heterocycles. The topological polar surface area (TPSA) is 50.5 Å². The first kappa shape index (κ1) is 16.3. The van der Waals surface area contributed by atoms with Crippen LogP contribution in [0, 0.1) is 0 Å². The molecule has 1 fully saturated rings. The third-order valence-electron chi connectivity index (χ3n) is 4.17. The quantitative estimate of drug-likeness (QED) is 0.881. The number of nitrogens with zero attached hydrogens (tertiary/aromatic N) is 3. The average Bonchev–Trinajstić information content (AvgIpc) is 3.15. The van der Waals surface area contributed by atoms with Crippen molar-refractivity contribution in [3.63, 3.8) is 0 Å². The van der Waals surface area contributed by atoms with Gasteiger partial charge in [-0.2, -0.15) is 5.10 Å². The van der Waals surface area contributed by atoms with E-state index in [-0.39, 0.29) is 6.61 Å². The Kier molecular flexibility index (Phi) is 5.20. The van der Waals surface area contributed by atoms with Crippen molar-refractivity contribution in [2.75, 3.05) is 19.7 Å². The van der Waals surface area contributed by atoms with E-state index in [2.05, 4.69) is 16.2 Å². The third kappa shape index (κ3) is 4.25. The zero-order valence-electron chi connectivity index (χ0n) is 13.2. The minimum absolute atomic E-state index is 0.276. The molecule has 0 bridgehead atoms. The minimum atomic E-state index is -0.525. The molecule has 1 N–H and O–H groups in total. The summed E-state index contributed by atoms with van der Waals surface area (Å²) in [5, 5.41) is 15.2. The number of aliphatic hydroxyl groups is 1. The maximum atomic E-state index is 10.3. The summed E-state index contributed by atoms with van der Waals surface area (Å²) in [6.45, 7) is 1.88. The largest absolute Gasteiger partial charge is 0.491 e. The maximum absolute atomic E-state index is 10.3. The molecule has 1 aromatic carbocycles. The number of likely N-dealkylation sites (tertiary alicyclic amines) is 1. The molecule has 124 valence electrons. The van der Waals surface area contributed by atoms with E-state index in [1.165, 1.54) is 5.56 Å². The van der Waals surface area contributed by atoms with Crippen LogP contribution in [0.2, 0.25) is 5.02 Å². The second-order valence-corrected chi connectivity index (χ2v) is 6.46. The fraction of sp³-hybridized carbons (Fsp3) is 0.471. The fourth-order valence-electron chi connectivity index (χ4n) is 3.08. The normalized spacial score (nSPS) is 19.9. The Morgan fingerprint density at radius 1 is 1.39 bits per heavy atom. The van der Waals surface area contributed by atoms with Crippen molar-refractivity contribution < 1.29 is 9.84 Å². The van der Waals surface area contributed by atoms with E-state index in [9.17, 15) is 5.11 Å². The Balaban J connectivity index is 1.52. The number of hydrogen-bond donors (Lipinski definition) is 1. The van der Waals surface area contributed by atoms with Crippen molar-refractivity contribution in [1.82, 2.24) is 14.7 Å². The molecular weight excluding hydrogens is 314 g/mol. The predicted octanol–water partition coefficient (Wildman–Crippen LogP) is 2.65. The standard InChI is InChI=1S/C17H22ClN3O2/c1-20-10-13(9-19-20)17-3-2-8-21(17)11-15(22)12-23-16-6-4-14(18)5-7-16/h4-7,9-10,15,17,22H,2-3,8,11-12H2,1H3. The molecule has 2 heterocycles. The Morgan fingerprint density at radius 3 is 2.87 bits per heavy atom. The maximum Gasteiger partial charge on any atom is 0.119 e. The molecule has 1 saturated heterocycles. The first-order valence-electron chi connectivity index (χ1n) is 7.91. The SMILES string of the molecule is Cn1cc(C2CCCN2CC(O)COc2ccc(Cl)cc2)cn1. The van der Waals surface area contributed by atoms with Crippen LogP contribution in [0.1, 0.15) is 24.4 Å². The lowest BCUT2D eigenvalue weighted by Crippen LogP contribution is -2.35. The first-order valence-corrected chi connectivity index (χ1v) is 8.28. The second-order valence-electron chi connectivity index (χ2n) is 6.02. The zero-order chi connectivity index (χ0) is 16.2. The van der Waals surface area contributed by atoms with E-state index in [1.807, 2.05) is 30.1 Å². The number of rotatable bonds is 6. The Morgan fingerprint density at radius 2 is 2.17 bits per heavy atom. The second kappa shape index (κ2) is 7.34. The smallest absolute Gasteiger partial charge is 0.119 e. The van der Waals surface area contributed by atoms with E-state index in [0.717, 1.165) is 25.1 Å². The Labute approximate surface area is 141 Å². The van der Waals surface area contributed by atoms with E-state index >= 15 is 0 Å². The number of aromatic nitrogens is 2. The number of benzene rings is 1. The Bertz CT molecular complexity index is 629. The summed E-state index contributed by atoms with van der Waals surface area (Å²) >= 11 is 5.85. The van der Waals surface area contributed by atoms with Gasteiger partial charge in [-0.05, 0) is 43.7 Å². The van der Waals surface area contributed by atoms with Crippen LogP contribution in [0.4, 0.5) is 0 Å². The van der Waals surface area contributed by atoms with Crippen LogP contribution in [-0.2, 0) is 7.05 Å². The van der Waals surface area contributed by atoms with Crippen LogP contribution < -0.4 is 4.74 Å². The first-order chi connectivity index (χ1) is 11.1.